The van der Waals surface area contributed by atoms with E-state index in [-0.39, 0.29) is 30.8 Å². The van der Waals surface area contributed by atoms with Crippen LogP contribution < -0.4 is 10.6 Å². The van der Waals surface area contributed by atoms with Crippen molar-refractivity contribution in [3.63, 3.8) is 0 Å². The van der Waals surface area contributed by atoms with Crippen LogP contribution in [0.3, 0.4) is 0 Å². The quantitative estimate of drug-likeness (QED) is 0.798. The standard InChI is InChI=1S/C16H22N4O3S/c1-10-11(2)24-14(17-10)18-12(21)6-5-9-20-13(22)16(19-15(20)23)7-3-4-8-16/h3-9H2,1-2H3,(H,19,23)(H,17,18,21). The largest absolute Gasteiger partial charge is 0.325 e. The van der Waals surface area contributed by atoms with Crippen molar-refractivity contribution in [1.29, 1.82) is 0 Å². The van der Waals surface area contributed by atoms with Crippen molar-refractivity contribution in [1.82, 2.24) is 15.2 Å². The maximum Gasteiger partial charge on any atom is 0.325 e. The van der Waals surface area contributed by atoms with E-state index in [1.807, 2.05) is 13.8 Å². The molecule has 0 bridgehead atoms. The summed E-state index contributed by atoms with van der Waals surface area (Å²) in [7, 11) is 0. The first-order valence-electron chi connectivity index (χ1n) is 8.29. The molecule has 1 aliphatic heterocycles. The maximum absolute atomic E-state index is 12.5. The second-order valence-corrected chi connectivity index (χ2v) is 7.69. The minimum Gasteiger partial charge on any atom is -0.323 e. The highest BCUT2D eigenvalue weighted by molar-refractivity contribution is 7.15. The van der Waals surface area contributed by atoms with Crippen LogP contribution in [0.15, 0.2) is 0 Å². The van der Waals surface area contributed by atoms with Crippen molar-refractivity contribution in [2.75, 3.05) is 11.9 Å². The fourth-order valence-electron chi connectivity index (χ4n) is 3.30. The molecule has 0 aromatic carbocycles. The average molecular weight is 350 g/mol. The fraction of sp³-hybridized carbons (Fsp3) is 0.625. The van der Waals surface area contributed by atoms with Gasteiger partial charge >= 0.3 is 6.03 Å². The van der Waals surface area contributed by atoms with Gasteiger partial charge in [-0.25, -0.2) is 9.78 Å². The van der Waals surface area contributed by atoms with Gasteiger partial charge in [0, 0.05) is 17.8 Å². The number of nitrogens with one attached hydrogen (secondary N) is 2. The van der Waals surface area contributed by atoms with Gasteiger partial charge in [0.25, 0.3) is 5.91 Å². The summed E-state index contributed by atoms with van der Waals surface area (Å²) in [5, 5.41) is 6.20. The number of carbonyl (C=O) groups is 3. The van der Waals surface area contributed by atoms with Crippen molar-refractivity contribution in [2.24, 2.45) is 0 Å². The Balaban J connectivity index is 1.48. The summed E-state index contributed by atoms with van der Waals surface area (Å²) in [5.41, 5.74) is 0.242. The minimum atomic E-state index is -0.671. The number of aryl methyl sites for hydroxylation is 2. The Morgan fingerprint density at radius 1 is 1.33 bits per heavy atom. The molecule has 8 heteroatoms. The van der Waals surface area contributed by atoms with Crippen LogP contribution in [0.4, 0.5) is 9.93 Å². The molecule has 1 spiro atoms. The van der Waals surface area contributed by atoms with Gasteiger partial charge in [-0.05, 0) is 33.1 Å². The molecule has 0 unspecified atom stereocenters. The summed E-state index contributed by atoms with van der Waals surface area (Å²) < 4.78 is 0. The van der Waals surface area contributed by atoms with Crippen molar-refractivity contribution in [3.05, 3.63) is 10.6 Å². The number of aromatic nitrogens is 1. The Morgan fingerprint density at radius 2 is 2.04 bits per heavy atom. The lowest BCUT2D eigenvalue weighted by molar-refractivity contribution is -0.131. The van der Waals surface area contributed by atoms with Crippen molar-refractivity contribution in [2.45, 2.75) is 57.9 Å². The number of urea groups is 1. The highest BCUT2D eigenvalue weighted by Gasteiger charge is 2.51. The van der Waals surface area contributed by atoms with Gasteiger partial charge in [-0.2, -0.15) is 0 Å². The van der Waals surface area contributed by atoms with Gasteiger partial charge < -0.3 is 10.6 Å². The summed E-state index contributed by atoms with van der Waals surface area (Å²) >= 11 is 1.44. The molecular formula is C16H22N4O3S. The van der Waals surface area contributed by atoms with E-state index >= 15 is 0 Å². The molecular weight excluding hydrogens is 328 g/mol. The molecule has 1 saturated carbocycles. The van der Waals surface area contributed by atoms with Crippen molar-refractivity contribution in [3.8, 4) is 0 Å². The lowest BCUT2D eigenvalue weighted by Crippen LogP contribution is -2.44. The summed E-state index contributed by atoms with van der Waals surface area (Å²) in [4.78, 5) is 43.1. The molecule has 2 N–H and O–H groups in total. The average Bonchev–Trinajstić information content (AvgIpc) is 3.16. The van der Waals surface area contributed by atoms with Gasteiger partial charge in [-0.3, -0.25) is 14.5 Å². The van der Waals surface area contributed by atoms with Crippen LogP contribution >= 0.6 is 11.3 Å². The van der Waals surface area contributed by atoms with E-state index in [4.69, 9.17) is 0 Å². The van der Waals surface area contributed by atoms with Gasteiger partial charge in [-0.15, -0.1) is 11.3 Å². The molecule has 1 aliphatic carbocycles. The van der Waals surface area contributed by atoms with E-state index in [0.29, 0.717) is 11.6 Å². The number of hydrogen-bond acceptors (Lipinski definition) is 5. The van der Waals surface area contributed by atoms with Gasteiger partial charge in [0.2, 0.25) is 5.91 Å². The molecule has 1 aromatic rings. The van der Waals surface area contributed by atoms with Crippen LogP contribution in [0.2, 0.25) is 0 Å². The van der Waals surface area contributed by atoms with E-state index in [1.54, 1.807) is 0 Å². The lowest BCUT2D eigenvalue weighted by atomic mass is 9.98. The van der Waals surface area contributed by atoms with E-state index < -0.39 is 5.54 Å². The number of nitrogens with zero attached hydrogens (tertiary/aromatic N) is 2. The highest BCUT2D eigenvalue weighted by atomic mass is 32.1. The van der Waals surface area contributed by atoms with Crippen LogP contribution in [-0.2, 0) is 9.59 Å². The van der Waals surface area contributed by atoms with Gasteiger partial charge in [0.15, 0.2) is 5.13 Å². The third kappa shape index (κ3) is 3.15. The van der Waals surface area contributed by atoms with E-state index in [0.717, 1.165) is 36.3 Å². The van der Waals surface area contributed by atoms with E-state index in [2.05, 4.69) is 15.6 Å². The van der Waals surface area contributed by atoms with Crippen LogP contribution in [0.25, 0.3) is 0 Å². The number of thiazole rings is 1. The smallest absolute Gasteiger partial charge is 0.323 e. The zero-order valence-electron chi connectivity index (χ0n) is 14.0. The molecule has 0 radical (unpaired) electrons. The summed E-state index contributed by atoms with van der Waals surface area (Å²) in [6.07, 6.45) is 4.07. The SMILES string of the molecule is Cc1nc(NC(=O)CCCN2C(=O)NC3(CCCC3)C2=O)sc1C. The Morgan fingerprint density at radius 3 is 2.67 bits per heavy atom. The predicted molar refractivity (Wildman–Crippen MR) is 90.9 cm³/mol. The zero-order valence-corrected chi connectivity index (χ0v) is 14.8. The highest BCUT2D eigenvalue weighted by Crippen LogP contribution is 2.35. The Hall–Kier alpha value is -1.96. The van der Waals surface area contributed by atoms with Crippen LogP contribution in [-0.4, -0.2) is 39.8 Å². The van der Waals surface area contributed by atoms with E-state index in [9.17, 15) is 14.4 Å². The molecule has 1 aromatic heterocycles. The summed E-state index contributed by atoms with van der Waals surface area (Å²) in [5.74, 6) is -0.275. The second kappa shape index (κ2) is 6.51. The molecule has 2 fully saturated rings. The molecule has 1 saturated heterocycles. The van der Waals surface area contributed by atoms with Gasteiger partial charge in [0.05, 0.1) is 5.69 Å². The van der Waals surface area contributed by atoms with Crippen LogP contribution in [0.5, 0.6) is 0 Å². The number of hydrogen-bond donors (Lipinski definition) is 2. The number of rotatable bonds is 5. The Kier molecular flexibility index (Phi) is 4.58. The van der Waals surface area contributed by atoms with Gasteiger partial charge in [-0.1, -0.05) is 12.8 Å². The van der Waals surface area contributed by atoms with Crippen LogP contribution in [0, 0.1) is 13.8 Å². The summed E-state index contributed by atoms with van der Waals surface area (Å²) in [6.45, 7) is 4.13. The molecule has 0 atom stereocenters. The predicted octanol–water partition coefficient (Wildman–Crippen LogP) is 2.34. The third-order valence-electron chi connectivity index (χ3n) is 4.76. The number of imide groups is 1. The van der Waals surface area contributed by atoms with Crippen molar-refractivity contribution < 1.29 is 14.4 Å². The third-order valence-corrected chi connectivity index (χ3v) is 5.75. The monoisotopic (exact) mass is 350 g/mol. The second-order valence-electron chi connectivity index (χ2n) is 6.49. The molecule has 3 rings (SSSR count). The zero-order chi connectivity index (χ0) is 17.3. The lowest BCUT2D eigenvalue weighted by Gasteiger charge is -2.19. The summed E-state index contributed by atoms with van der Waals surface area (Å²) in [6, 6.07) is -0.325. The molecule has 130 valence electrons. The molecule has 2 aliphatic rings. The normalized spacial score (nSPS) is 19.2. The van der Waals surface area contributed by atoms with Crippen molar-refractivity contribution >= 4 is 34.3 Å². The molecule has 24 heavy (non-hydrogen) atoms. The van der Waals surface area contributed by atoms with E-state index in [1.165, 1.54) is 16.2 Å². The topological polar surface area (TPSA) is 91.4 Å². The fourth-order valence-corrected chi connectivity index (χ4v) is 4.13. The van der Waals surface area contributed by atoms with Crippen LogP contribution in [0.1, 0.15) is 49.1 Å². The maximum atomic E-state index is 12.5. The first-order valence-corrected chi connectivity index (χ1v) is 9.11. The molecule has 7 nitrogen and oxygen atoms in total. The first-order chi connectivity index (χ1) is 11.4. The Bertz CT molecular complexity index is 659. The first kappa shape index (κ1) is 16.9. The Labute approximate surface area is 144 Å². The number of amides is 4. The molecule has 2 heterocycles. The molecule has 4 amide bonds. The van der Waals surface area contributed by atoms with Gasteiger partial charge in [0.1, 0.15) is 5.54 Å². The number of carbonyl (C=O) groups excluding carboxylic acids is 3. The number of anilines is 1. The minimum absolute atomic E-state index is 0.128.